The molecule has 0 spiro atoms. The summed E-state index contributed by atoms with van der Waals surface area (Å²) in [7, 11) is 0. The minimum Gasteiger partial charge on any atom is -0.378 e. The Balaban J connectivity index is 1.77. The van der Waals surface area contributed by atoms with Crippen LogP contribution in [0.5, 0.6) is 0 Å². The predicted molar refractivity (Wildman–Crippen MR) is 94.8 cm³/mol. The normalized spacial score (nSPS) is 14.2. The van der Waals surface area contributed by atoms with Crippen LogP contribution in [0.25, 0.3) is 0 Å². The first-order valence-electron chi connectivity index (χ1n) is 8.25. The van der Waals surface area contributed by atoms with Crippen LogP contribution in [-0.2, 0) is 4.74 Å². The van der Waals surface area contributed by atoms with Crippen LogP contribution in [-0.4, -0.2) is 48.0 Å². The quantitative estimate of drug-likeness (QED) is 0.932. The molecule has 0 atom stereocenters. The average molecular weight is 339 g/mol. The van der Waals surface area contributed by atoms with Crippen molar-refractivity contribution in [3.05, 3.63) is 58.9 Å². The minimum atomic E-state index is -0.280. The maximum absolute atomic E-state index is 12.5. The Labute approximate surface area is 146 Å². The van der Waals surface area contributed by atoms with Crippen LogP contribution in [0.15, 0.2) is 36.7 Å². The minimum absolute atomic E-state index is 0.128. The summed E-state index contributed by atoms with van der Waals surface area (Å²) in [6.07, 6.45) is 2.96. The van der Waals surface area contributed by atoms with E-state index in [0.717, 1.165) is 16.8 Å². The number of amides is 2. The standard InChI is InChI=1S/C19H21N3O3/c1-13-3-4-14(2)17(9-13)21-18(23)15-10-16(12-20-11-15)19(24)22-5-7-25-8-6-22/h3-4,9-12H,5-8H2,1-2H3,(H,21,23). The van der Waals surface area contributed by atoms with Gasteiger partial charge in [0.15, 0.2) is 0 Å². The molecule has 1 aromatic heterocycles. The van der Waals surface area contributed by atoms with Crippen molar-refractivity contribution in [1.82, 2.24) is 9.88 Å². The van der Waals surface area contributed by atoms with E-state index in [0.29, 0.717) is 37.4 Å². The highest BCUT2D eigenvalue weighted by Crippen LogP contribution is 2.18. The first kappa shape index (κ1) is 17.1. The van der Waals surface area contributed by atoms with E-state index in [4.69, 9.17) is 4.74 Å². The number of carbonyl (C=O) groups excluding carboxylic acids is 2. The van der Waals surface area contributed by atoms with Gasteiger partial charge in [-0.2, -0.15) is 0 Å². The van der Waals surface area contributed by atoms with Gasteiger partial charge in [-0.25, -0.2) is 0 Å². The van der Waals surface area contributed by atoms with Crippen molar-refractivity contribution < 1.29 is 14.3 Å². The van der Waals surface area contributed by atoms with E-state index in [9.17, 15) is 9.59 Å². The molecule has 1 aliphatic rings. The summed E-state index contributed by atoms with van der Waals surface area (Å²) in [5.74, 6) is -0.407. The van der Waals surface area contributed by atoms with Gasteiger partial charge in [0.2, 0.25) is 0 Å². The first-order valence-corrected chi connectivity index (χ1v) is 8.25. The van der Waals surface area contributed by atoms with Crippen molar-refractivity contribution in [1.29, 1.82) is 0 Å². The molecule has 1 saturated heterocycles. The lowest BCUT2D eigenvalue weighted by Gasteiger charge is -2.26. The Kier molecular flexibility index (Phi) is 5.09. The summed E-state index contributed by atoms with van der Waals surface area (Å²) in [5.41, 5.74) is 3.58. The molecular weight excluding hydrogens is 318 g/mol. The zero-order valence-electron chi connectivity index (χ0n) is 14.4. The lowest BCUT2D eigenvalue weighted by Crippen LogP contribution is -2.40. The molecule has 0 radical (unpaired) electrons. The molecule has 1 N–H and O–H groups in total. The van der Waals surface area contributed by atoms with Gasteiger partial charge in [-0.15, -0.1) is 0 Å². The van der Waals surface area contributed by atoms with Crippen LogP contribution in [0.4, 0.5) is 5.69 Å². The number of aromatic nitrogens is 1. The molecule has 2 heterocycles. The van der Waals surface area contributed by atoms with Gasteiger partial charge in [-0.05, 0) is 37.1 Å². The van der Waals surface area contributed by atoms with E-state index in [-0.39, 0.29) is 11.8 Å². The summed E-state index contributed by atoms with van der Waals surface area (Å²) in [4.78, 5) is 30.8. The second-order valence-corrected chi connectivity index (χ2v) is 6.14. The molecule has 1 aromatic carbocycles. The second-order valence-electron chi connectivity index (χ2n) is 6.14. The highest BCUT2D eigenvalue weighted by Gasteiger charge is 2.20. The number of benzene rings is 1. The zero-order chi connectivity index (χ0) is 17.8. The Morgan fingerprint density at radius 1 is 1.08 bits per heavy atom. The van der Waals surface area contributed by atoms with E-state index < -0.39 is 0 Å². The molecule has 6 heteroatoms. The molecular formula is C19H21N3O3. The van der Waals surface area contributed by atoms with E-state index in [1.165, 1.54) is 12.4 Å². The van der Waals surface area contributed by atoms with Gasteiger partial charge in [0.25, 0.3) is 11.8 Å². The van der Waals surface area contributed by atoms with Crippen LogP contribution >= 0.6 is 0 Å². The number of aryl methyl sites for hydroxylation is 2. The number of nitrogens with one attached hydrogen (secondary N) is 1. The number of carbonyl (C=O) groups is 2. The SMILES string of the molecule is Cc1ccc(C)c(NC(=O)c2cncc(C(=O)N3CCOCC3)c2)c1. The maximum atomic E-state index is 12.5. The third kappa shape index (κ3) is 4.03. The van der Waals surface area contributed by atoms with Crippen LogP contribution in [0.2, 0.25) is 0 Å². The zero-order valence-corrected chi connectivity index (χ0v) is 14.4. The molecule has 2 amide bonds. The third-order valence-electron chi connectivity index (χ3n) is 4.19. The molecule has 3 rings (SSSR count). The number of hydrogen-bond donors (Lipinski definition) is 1. The topological polar surface area (TPSA) is 71.5 Å². The molecule has 25 heavy (non-hydrogen) atoms. The number of ether oxygens (including phenoxy) is 1. The van der Waals surface area contributed by atoms with E-state index in [2.05, 4.69) is 10.3 Å². The number of pyridine rings is 1. The lowest BCUT2D eigenvalue weighted by molar-refractivity contribution is 0.0302. The van der Waals surface area contributed by atoms with Gasteiger partial charge in [0.05, 0.1) is 24.3 Å². The fourth-order valence-corrected chi connectivity index (χ4v) is 2.70. The molecule has 1 fully saturated rings. The van der Waals surface area contributed by atoms with Gasteiger partial charge in [0.1, 0.15) is 0 Å². The number of rotatable bonds is 3. The van der Waals surface area contributed by atoms with Crippen LogP contribution < -0.4 is 5.32 Å². The number of anilines is 1. The van der Waals surface area contributed by atoms with Gasteiger partial charge < -0.3 is 15.0 Å². The lowest BCUT2D eigenvalue weighted by atomic mass is 10.1. The molecule has 0 bridgehead atoms. The van der Waals surface area contributed by atoms with Crippen LogP contribution in [0.3, 0.4) is 0 Å². The van der Waals surface area contributed by atoms with Crippen LogP contribution in [0.1, 0.15) is 31.8 Å². The van der Waals surface area contributed by atoms with Gasteiger partial charge in [0, 0.05) is 31.2 Å². The Bertz CT molecular complexity index is 798. The smallest absolute Gasteiger partial charge is 0.257 e. The fraction of sp³-hybridized carbons (Fsp3) is 0.316. The highest BCUT2D eigenvalue weighted by molar-refractivity contribution is 6.06. The summed E-state index contributed by atoms with van der Waals surface area (Å²) < 4.78 is 5.26. The van der Waals surface area contributed by atoms with Crippen LogP contribution in [0, 0.1) is 13.8 Å². The predicted octanol–water partition coefficient (Wildman–Crippen LogP) is 2.42. The van der Waals surface area contributed by atoms with E-state index in [1.54, 1.807) is 11.0 Å². The molecule has 0 unspecified atom stereocenters. The van der Waals surface area contributed by atoms with E-state index >= 15 is 0 Å². The van der Waals surface area contributed by atoms with E-state index in [1.807, 2.05) is 32.0 Å². The largest absolute Gasteiger partial charge is 0.378 e. The van der Waals surface area contributed by atoms with Crippen molar-refractivity contribution in [2.45, 2.75) is 13.8 Å². The Hall–Kier alpha value is -2.73. The summed E-state index contributed by atoms with van der Waals surface area (Å²) >= 11 is 0. The Morgan fingerprint density at radius 3 is 2.56 bits per heavy atom. The summed E-state index contributed by atoms with van der Waals surface area (Å²) in [6, 6.07) is 7.46. The summed E-state index contributed by atoms with van der Waals surface area (Å²) in [6.45, 7) is 6.08. The monoisotopic (exact) mass is 339 g/mol. The number of nitrogens with zero attached hydrogens (tertiary/aromatic N) is 2. The molecule has 6 nitrogen and oxygen atoms in total. The van der Waals surface area contributed by atoms with Gasteiger partial charge in [-0.3, -0.25) is 14.6 Å². The number of morpholine rings is 1. The fourth-order valence-electron chi connectivity index (χ4n) is 2.70. The second kappa shape index (κ2) is 7.44. The summed E-state index contributed by atoms with van der Waals surface area (Å²) in [5, 5.41) is 2.89. The highest BCUT2D eigenvalue weighted by atomic mass is 16.5. The molecule has 1 aliphatic heterocycles. The van der Waals surface area contributed by atoms with Gasteiger partial charge >= 0.3 is 0 Å². The van der Waals surface area contributed by atoms with Crippen molar-refractivity contribution in [2.24, 2.45) is 0 Å². The number of hydrogen-bond acceptors (Lipinski definition) is 4. The molecule has 2 aromatic rings. The van der Waals surface area contributed by atoms with Crippen molar-refractivity contribution in [3.63, 3.8) is 0 Å². The third-order valence-corrected chi connectivity index (χ3v) is 4.19. The molecule has 0 aliphatic carbocycles. The van der Waals surface area contributed by atoms with Crippen molar-refractivity contribution in [2.75, 3.05) is 31.6 Å². The molecule has 0 saturated carbocycles. The van der Waals surface area contributed by atoms with Gasteiger partial charge in [-0.1, -0.05) is 12.1 Å². The van der Waals surface area contributed by atoms with Crippen molar-refractivity contribution >= 4 is 17.5 Å². The Morgan fingerprint density at radius 2 is 1.80 bits per heavy atom. The maximum Gasteiger partial charge on any atom is 0.257 e. The van der Waals surface area contributed by atoms with Crippen molar-refractivity contribution in [3.8, 4) is 0 Å². The first-order chi connectivity index (χ1) is 12.0. The average Bonchev–Trinajstić information content (AvgIpc) is 2.65. The molecule has 130 valence electrons.